The number of nitrogens with zero attached hydrogens (tertiary/aromatic N) is 2. The molecule has 2 aliphatic rings. The Labute approximate surface area is 211 Å². The third kappa shape index (κ3) is 5.56. The maximum atomic E-state index is 13.2. The van der Waals surface area contributed by atoms with Crippen LogP contribution in [0.2, 0.25) is 0 Å². The van der Waals surface area contributed by atoms with E-state index < -0.39 is 0 Å². The van der Waals surface area contributed by atoms with Crippen LogP contribution in [0, 0.1) is 0 Å². The van der Waals surface area contributed by atoms with Gasteiger partial charge in [0.2, 0.25) is 0 Å². The van der Waals surface area contributed by atoms with Gasteiger partial charge < -0.3 is 25.0 Å². The third-order valence-electron chi connectivity index (χ3n) is 6.93. The van der Waals surface area contributed by atoms with Gasteiger partial charge in [0.05, 0.1) is 7.11 Å². The van der Waals surface area contributed by atoms with Gasteiger partial charge in [-0.25, -0.2) is 0 Å². The van der Waals surface area contributed by atoms with Crippen molar-refractivity contribution < 1.29 is 14.6 Å². The number of aromatic hydroxyl groups is 1. The number of carbonyl (C=O) groups excluding carboxylic acids is 1. The Morgan fingerprint density at radius 2 is 1.64 bits per heavy atom. The van der Waals surface area contributed by atoms with Crippen LogP contribution in [0.1, 0.15) is 21.8 Å². The molecule has 188 valence electrons. The molecule has 1 amide bonds. The molecule has 0 spiro atoms. The summed E-state index contributed by atoms with van der Waals surface area (Å²) in [5.74, 6) is 1.55. The van der Waals surface area contributed by atoms with Crippen molar-refractivity contribution in [3.8, 4) is 11.5 Å². The predicted molar refractivity (Wildman–Crippen MR) is 142 cm³/mol. The Morgan fingerprint density at radius 1 is 0.944 bits per heavy atom. The SMILES string of the molecule is COc1ccc(C2CNC(Nc3cccc(C(=O)N4CCN(c5ccc(O)cc5)CC4)c3)NC2)cc1. The van der Waals surface area contributed by atoms with E-state index in [2.05, 4.69) is 33.0 Å². The highest BCUT2D eigenvalue weighted by atomic mass is 16.5. The maximum absolute atomic E-state index is 13.2. The summed E-state index contributed by atoms with van der Waals surface area (Å²) in [4.78, 5) is 17.3. The summed E-state index contributed by atoms with van der Waals surface area (Å²) in [6.45, 7) is 4.55. The van der Waals surface area contributed by atoms with Crippen LogP contribution in [0.5, 0.6) is 11.5 Å². The summed E-state index contributed by atoms with van der Waals surface area (Å²) >= 11 is 0. The molecule has 8 heteroatoms. The van der Waals surface area contributed by atoms with Gasteiger partial charge in [0.15, 0.2) is 0 Å². The number of methoxy groups -OCH3 is 1. The van der Waals surface area contributed by atoms with Crippen LogP contribution >= 0.6 is 0 Å². The van der Waals surface area contributed by atoms with Gasteiger partial charge in [-0.15, -0.1) is 0 Å². The van der Waals surface area contributed by atoms with Crippen LogP contribution in [0.4, 0.5) is 11.4 Å². The van der Waals surface area contributed by atoms with E-state index in [1.54, 1.807) is 19.2 Å². The molecule has 0 atom stereocenters. The standard InChI is InChI=1S/C28H33N5O3/c1-36-26-11-5-20(6-12-26)22-18-29-28(30-19-22)31-23-4-2-3-21(17-23)27(35)33-15-13-32(14-16-33)24-7-9-25(34)10-8-24/h2-12,17,22,28-31,34H,13-16,18-19H2,1H3. The van der Waals surface area contributed by atoms with E-state index in [4.69, 9.17) is 4.74 Å². The fourth-order valence-corrected chi connectivity index (χ4v) is 4.80. The molecule has 3 aromatic carbocycles. The monoisotopic (exact) mass is 487 g/mol. The van der Waals surface area contributed by atoms with Crippen molar-refractivity contribution in [2.24, 2.45) is 0 Å². The van der Waals surface area contributed by atoms with E-state index in [1.165, 1.54) is 5.56 Å². The fourth-order valence-electron chi connectivity index (χ4n) is 4.80. The summed E-state index contributed by atoms with van der Waals surface area (Å²) in [5.41, 5.74) is 3.92. The van der Waals surface area contributed by atoms with Crippen molar-refractivity contribution in [2.45, 2.75) is 12.2 Å². The van der Waals surface area contributed by atoms with Crippen molar-refractivity contribution >= 4 is 17.3 Å². The Hall–Kier alpha value is -3.75. The summed E-state index contributed by atoms with van der Waals surface area (Å²) < 4.78 is 5.25. The Kier molecular flexibility index (Phi) is 7.25. The first-order chi connectivity index (χ1) is 17.6. The lowest BCUT2D eigenvalue weighted by molar-refractivity contribution is 0.0747. The molecular formula is C28H33N5O3. The van der Waals surface area contributed by atoms with E-state index >= 15 is 0 Å². The fraction of sp³-hybridized carbons (Fsp3) is 0.321. The molecule has 0 aromatic heterocycles. The van der Waals surface area contributed by atoms with Crippen molar-refractivity contribution in [2.75, 3.05) is 56.6 Å². The average molecular weight is 488 g/mol. The highest BCUT2D eigenvalue weighted by Gasteiger charge is 2.24. The molecule has 2 fully saturated rings. The Balaban J connectivity index is 1.13. The van der Waals surface area contributed by atoms with Gasteiger partial charge in [-0.1, -0.05) is 18.2 Å². The molecule has 2 aliphatic heterocycles. The molecule has 8 nitrogen and oxygen atoms in total. The highest BCUT2D eigenvalue weighted by molar-refractivity contribution is 5.95. The molecule has 0 radical (unpaired) electrons. The lowest BCUT2D eigenvalue weighted by Crippen LogP contribution is -2.55. The van der Waals surface area contributed by atoms with E-state index in [0.29, 0.717) is 24.6 Å². The number of piperazine rings is 1. The molecule has 0 aliphatic carbocycles. The number of rotatable bonds is 6. The summed E-state index contributed by atoms with van der Waals surface area (Å²) in [5, 5.41) is 20.0. The molecule has 5 rings (SSSR count). The molecule has 0 unspecified atom stereocenters. The van der Waals surface area contributed by atoms with Gasteiger partial charge in [-0.05, 0) is 60.2 Å². The van der Waals surface area contributed by atoms with Crippen LogP contribution in [0.25, 0.3) is 0 Å². The summed E-state index contributed by atoms with van der Waals surface area (Å²) in [6.07, 6.45) is -0.0706. The number of nitrogens with one attached hydrogen (secondary N) is 3. The number of hydrogen-bond donors (Lipinski definition) is 4. The number of amides is 1. The number of phenolic OH excluding ortho intramolecular Hbond substituents is 1. The number of phenols is 1. The molecule has 2 heterocycles. The first-order valence-corrected chi connectivity index (χ1v) is 12.4. The van der Waals surface area contributed by atoms with Crippen LogP contribution < -0.4 is 25.6 Å². The van der Waals surface area contributed by atoms with Gasteiger partial charge in [0, 0.05) is 62.1 Å². The largest absolute Gasteiger partial charge is 0.508 e. The summed E-state index contributed by atoms with van der Waals surface area (Å²) in [7, 11) is 1.68. The number of anilines is 2. The zero-order valence-corrected chi connectivity index (χ0v) is 20.5. The van der Waals surface area contributed by atoms with Gasteiger partial charge in [0.25, 0.3) is 5.91 Å². The van der Waals surface area contributed by atoms with Crippen LogP contribution in [-0.2, 0) is 0 Å². The lowest BCUT2D eigenvalue weighted by Gasteiger charge is -2.36. The zero-order valence-electron chi connectivity index (χ0n) is 20.5. The van der Waals surface area contributed by atoms with Crippen LogP contribution in [0.15, 0.2) is 72.8 Å². The number of ether oxygens (including phenoxy) is 1. The predicted octanol–water partition coefficient (Wildman–Crippen LogP) is 3.04. The topological polar surface area (TPSA) is 89.1 Å². The first-order valence-electron chi connectivity index (χ1n) is 12.4. The minimum Gasteiger partial charge on any atom is -0.508 e. The van der Waals surface area contributed by atoms with E-state index in [1.807, 2.05) is 53.4 Å². The quantitative estimate of drug-likeness (QED) is 0.425. The minimum atomic E-state index is -0.0706. The summed E-state index contributed by atoms with van der Waals surface area (Å²) in [6, 6.07) is 23.1. The highest BCUT2D eigenvalue weighted by Crippen LogP contribution is 2.22. The van der Waals surface area contributed by atoms with E-state index in [-0.39, 0.29) is 17.9 Å². The second-order valence-corrected chi connectivity index (χ2v) is 9.24. The zero-order chi connectivity index (χ0) is 24.9. The molecule has 36 heavy (non-hydrogen) atoms. The van der Waals surface area contributed by atoms with Gasteiger partial charge in [0.1, 0.15) is 17.8 Å². The molecule has 4 N–H and O–H groups in total. The molecule has 0 bridgehead atoms. The molecule has 3 aromatic rings. The second-order valence-electron chi connectivity index (χ2n) is 9.24. The van der Waals surface area contributed by atoms with Crippen molar-refractivity contribution in [1.29, 1.82) is 0 Å². The normalized spacial score (nSPS) is 20.1. The number of benzene rings is 3. The van der Waals surface area contributed by atoms with E-state index in [9.17, 15) is 9.90 Å². The smallest absolute Gasteiger partial charge is 0.254 e. The first kappa shape index (κ1) is 24.0. The van der Waals surface area contributed by atoms with Crippen LogP contribution in [0.3, 0.4) is 0 Å². The molecule has 2 saturated heterocycles. The minimum absolute atomic E-state index is 0.0492. The average Bonchev–Trinajstić information content (AvgIpc) is 2.94. The number of hydrogen-bond acceptors (Lipinski definition) is 7. The lowest BCUT2D eigenvalue weighted by atomic mass is 9.97. The Morgan fingerprint density at radius 3 is 2.31 bits per heavy atom. The maximum Gasteiger partial charge on any atom is 0.254 e. The van der Waals surface area contributed by atoms with Crippen molar-refractivity contribution in [3.63, 3.8) is 0 Å². The molecular weight excluding hydrogens is 454 g/mol. The number of carbonyl (C=O) groups is 1. The Bertz CT molecular complexity index is 1150. The van der Waals surface area contributed by atoms with Gasteiger partial charge >= 0.3 is 0 Å². The molecule has 0 saturated carbocycles. The van der Waals surface area contributed by atoms with E-state index in [0.717, 1.165) is 43.3 Å². The third-order valence-corrected chi connectivity index (χ3v) is 6.93. The van der Waals surface area contributed by atoms with Gasteiger partial charge in [-0.3, -0.25) is 15.4 Å². The van der Waals surface area contributed by atoms with Crippen molar-refractivity contribution in [1.82, 2.24) is 15.5 Å². The van der Waals surface area contributed by atoms with Crippen LogP contribution in [-0.4, -0.2) is 68.6 Å². The second kappa shape index (κ2) is 10.9. The van der Waals surface area contributed by atoms with Gasteiger partial charge in [-0.2, -0.15) is 0 Å². The van der Waals surface area contributed by atoms with Crippen molar-refractivity contribution in [3.05, 3.63) is 83.9 Å².